The molecular weight excluding hydrogens is 396 g/mol. The molecule has 0 radical (unpaired) electrons. The molecule has 0 saturated heterocycles. The molecule has 0 aliphatic heterocycles. The first-order chi connectivity index (χ1) is 9.50. The van der Waals surface area contributed by atoms with Crippen molar-refractivity contribution in [2.45, 2.75) is 58.3 Å². The van der Waals surface area contributed by atoms with Crippen molar-refractivity contribution in [1.29, 1.82) is 0 Å². The van der Waals surface area contributed by atoms with E-state index in [9.17, 15) is 0 Å². The molecule has 20 heavy (non-hydrogen) atoms. The van der Waals surface area contributed by atoms with Gasteiger partial charge in [-0.2, -0.15) is 0 Å². The van der Waals surface area contributed by atoms with Gasteiger partial charge >= 0.3 is 27.8 Å². The van der Waals surface area contributed by atoms with E-state index in [1.807, 2.05) is 0 Å². The number of hydrogen-bond acceptors (Lipinski definition) is 3. The van der Waals surface area contributed by atoms with Crippen LogP contribution in [0.4, 0.5) is 0 Å². The Kier molecular flexibility index (Phi) is 30.7. The van der Waals surface area contributed by atoms with Gasteiger partial charge in [0.05, 0.1) is 0 Å². The van der Waals surface area contributed by atoms with Crippen LogP contribution in [0.1, 0.15) is 58.3 Å². The molecule has 0 spiro atoms. The molecule has 5 N–H and O–H groups in total. The maximum atomic E-state index is 8.67. The fraction of sp³-hybridized carbons (Fsp3) is 0.833. The van der Waals surface area contributed by atoms with Crippen LogP contribution in [-0.2, 0) is 18.0 Å². The van der Waals surface area contributed by atoms with E-state index in [0.29, 0.717) is 0 Å². The van der Waals surface area contributed by atoms with Crippen LogP contribution >= 0.6 is 34.3 Å². The van der Waals surface area contributed by atoms with Gasteiger partial charge in [-0.05, 0) is 30.9 Å². The summed E-state index contributed by atoms with van der Waals surface area (Å²) in [5.74, 6) is 0. The van der Waals surface area contributed by atoms with Crippen LogP contribution in [0.2, 0.25) is 0 Å². The summed E-state index contributed by atoms with van der Waals surface area (Å²) in [5.41, 5.74) is 4.40. The fourth-order valence-corrected chi connectivity index (χ4v) is 1.56. The molecule has 0 aromatic rings. The monoisotopic (exact) mass is 424 g/mol. The molecule has 0 aliphatic rings. The van der Waals surface area contributed by atoms with Crippen molar-refractivity contribution in [3.8, 4) is 0 Å². The van der Waals surface area contributed by atoms with Crippen molar-refractivity contribution in [3.05, 3.63) is 0 Å². The third kappa shape index (κ3) is 42.9. The van der Waals surface area contributed by atoms with Crippen molar-refractivity contribution >= 4 is 44.6 Å². The van der Waals surface area contributed by atoms with E-state index >= 15 is 0 Å². The number of nitrogens with one attached hydrogen (secondary N) is 1. The Bertz CT molecular complexity index is 231. The summed E-state index contributed by atoms with van der Waals surface area (Å²) in [4.78, 5) is 0. The van der Waals surface area contributed by atoms with Crippen molar-refractivity contribution < 1.29 is 28.2 Å². The van der Waals surface area contributed by atoms with Crippen molar-refractivity contribution in [2.24, 2.45) is 5.73 Å². The average Bonchev–Trinajstić information content (AvgIpc) is 2.38. The molecule has 0 aliphatic carbocycles. The molecule has 0 fully saturated rings. The predicted molar refractivity (Wildman–Crippen MR) is 92.8 cm³/mol. The van der Waals surface area contributed by atoms with Crippen LogP contribution < -0.4 is 11.1 Å². The third-order valence-corrected chi connectivity index (χ3v) is 2.45. The zero-order valence-electron chi connectivity index (χ0n) is 12.0. The normalized spacial score (nSPS) is 8.45. The molecule has 8 heteroatoms. The number of unbranched alkanes of at least 4 members (excludes halogenated alkanes) is 7. The van der Waals surface area contributed by atoms with E-state index in [1.165, 1.54) is 62.9 Å². The zero-order valence-corrected chi connectivity index (χ0v) is 16.4. The van der Waals surface area contributed by atoms with Crippen LogP contribution in [0.15, 0.2) is 0 Å². The van der Waals surface area contributed by atoms with Gasteiger partial charge in [0.1, 0.15) is 0 Å². The Morgan fingerprint density at radius 3 is 1.65 bits per heavy atom. The minimum absolute atomic E-state index is 0.0760. The Labute approximate surface area is 148 Å². The van der Waals surface area contributed by atoms with Crippen LogP contribution in [0.3, 0.4) is 0 Å². The van der Waals surface area contributed by atoms with Crippen LogP contribution in [0.25, 0.3) is 0 Å². The van der Waals surface area contributed by atoms with Gasteiger partial charge in [-0.25, -0.2) is 0 Å². The molecule has 0 amide bonds. The van der Waals surface area contributed by atoms with Gasteiger partial charge in [0.2, 0.25) is 0 Å². The van der Waals surface area contributed by atoms with Crippen LogP contribution in [-0.4, -0.2) is 27.1 Å². The molecule has 0 bridgehead atoms. The van der Waals surface area contributed by atoms with Crippen molar-refractivity contribution in [2.75, 3.05) is 6.54 Å². The minimum atomic E-state index is -0.500. The number of nitrogens with two attached hydrogens (primary N) is 1. The summed E-state index contributed by atoms with van der Waals surface area (Å²) in [7, 11) is 4.09. The summed E-state index contributed by atoms with van der Waals surface area (Å²) in [6, 6.07) is 0. The molecule has 0 aromatic carbocycles. The van der Waals surface area contributed by atoms with Crippen molar-refractivity contribution in [1.82, 2.24) is 5.32 Å². The Morgan fingerprint density at radius 1 is 0.950 bits per heavy atom. The number of thiocarbonyl (C=S) groups is 2. The fourth-order valence-electron chi connectivity index (χ4n) is 1.45. The maximum absolute atomic E-state index is 8.67. The SMILES string of the molecule is CCCCCCCCCCNC(O)=S.NC(O)=S.[S]=[Mo]. The summed E-state index contributed by atoms with van der Waals surface area (Å²) < 4.78 is 0. The quantitative estimate of drug-likeness (QED) is 0.254. The molecule has 4 nitrogen and oxygen atoms in total. The zero-order chi connectivity index (χ0) is 16.2. The number of hydrogen-bond donors (Lipinski definition) is 4. The topological polar surface area (TPSA) is 78.5 Å². The number of aliphatic hydroxyl groups excluding tert-OH is 2. The molecule has 0 rings (SSSR count). The molecular formula is C12H26MoN2O2S3. The van der Waals surface area contributed by atoms with E-state index in [0.717, 1.165) is 13.0 Å². The van der Waals surface area contributed by atoms with Gasteiger partial charge in [-0.3, -0.25) is 0 Å². The predicted octanol–water partition coefficient (Wildman–Crippen LogP) is 3.99. The first-order valence-electron chi connectivity index (χ1n) is 6.62. The van der Waals surface area contributed by atoms with E-state index in [4.69, 9.17) is 10.2 Å². The van der Waals surface area contributed by atoms with Gasteiger partial charge < -0.3 is 21.3 Å². The van der Waals surface area contributed by atoms with E-state index in [1.54, 1.807) is 0 Å². The van der Waals surface area contributed by atoms with E-state index in [-0.39, 0.29) is 5.17 Å². The summed E-state index contributed by atoms with van der Waals surface area (Å²) in [6.07, 6.45) is 10.5. The summed E-state index contributed by atoms with van der Waals surface area (Å²) in [6.45, 7) is 3.05. The van der Waals surface area contributed by atoms with E-state index < -0.39 is 5.17 Å². The summed E-state index contributed by atoms with van der Waals surface area (Å²) >= 11 is 9.89. The van der Waals surface area contributed by atoms with Crippen molar-refractivity contribution in [3.63, 3.8) is 0 Å². The third-order valence-electron chi connectivity index (χ3n) is 2.31. The Hall–Kier alpha value is 0.288. The Balaban J connectivity index is -0.000000410. The number of rotatable bonds is 9. The van der Waals surface area contributed by atoms with E-state index in [2.05, 4.69) is 52.2 Å². The standard InChI is InChI=1S/C11H23NOS.CH3NOS.Mo.S/c1-2-3-4-5-6-7-8-9-10-12-11(13)14;2-1(3)4;;/h2-10H2,1H3,(H2,12,13,14);(H3,2,3,4);;. The number of aliphatic hydroxyl groups is 2. The van der Waals surface area contributed by atoms with Gasteiger partial charge in [-0.15, -0.1) is 0 Å². The molecule has 0 saturated carbocycles. The van der Waals surface area contributed by atoms with Gasteiger partial charge in [0.15, 0.2) is 0 Å². The second-order valence-corrected chi connectivity index (χ2v) is 4.85. The average molecular weight is 422 g/mol. The second kappa shape index (κ2) is 24.3. The summed E-state index contributed by atoms with van der Waals surface area (Å²) in [5, 5.41) is 18.4. The molecule has 0 unspecified atom stereocenters. The van der Waals surface area contributed by atoms with Gasteiger partial charge in [0.25, 0.3) is 10.3 Å². The van der Waals surface area contributed by atoms with Crippen LogP contribution in [0.5, 0.6) is 0 Å². The molecule has 0 heterocycles. The van der Waals surface area contributed by atoms with Gasteiger partial charge in [0, 0.05) is 6.54 Å². The first-order valence-corrected chi connectivity index (χ1v) is 10.2. The Morgan fingerprint density at radius 2 is 1.30 bits per heavy atom. The second-order valence-electron chi connectivity index (χ2n) is 4.05. The molecule has 0 atom stereocenters. The molecule has 120 valence electrons. The first kappa shape index (κ1) is 25.3. The molecule has 0 aromatic heterocycles. The van der Waals surface area contributed by atoms with Gasteiger partial charge in [-0.1, -0.05) is 51.9 Å². The van der Waals surface area contributed by atoms with Crippen LogP contribution in [0, 0.1) is 0 Å².